The van der Waals surface area contributed by atoms with Gasteiger partial charge in [-0.15, -0.1) is 0 Å². The van der Waals surface area contributed by atoms with Crippen molar-refractivity contribution in [3.8, 4) is 11.5 Å². The number of benzene rings is 1. The van der Waals surface area contributed by atoms with Crippen molar-refractivity contribution >= 4 is 23.2 Å². The minimum atomic E-state index is -0.654. The van der Waals surface area contributed by atoms with Crippen LogP contribution in [-0.2, 0) is 9.53 Å². The molecule has 1 atom stereocenters. The van der Waals surface area contributed by atoms with Crippen molar-refractivity contribution in [1.82, 2.24) is 0 Å². The van der Waals surface area contributed by atoms with Gasteiger partial charge in [-0.3, -0.25) is 4.79 Å². The van der Waals surface area contributed by atoms with E-state index in [4.69, 9.17) is 31.5 Å². The molecule has 1 aliphatic heterocycles. The number of methoxy groups -OCH3 is 1. The standard InChI is InChI=1S/C13H17ClN2O4/c1-18-3-2-9(15)13(17)16-10-7-12-11(6-8(10)14)19-4-5-20-12/h6-7,9H,2-5,15H2,1H3,(H,16,17). The summed E-state index contributed by atoms with van der Waals surface area (Å²) >= 11 is 6.10. The number of carbonyl (C=O) groups is 1. The van der Waals surface area contributed by atoms with E-state index >= 15 is 0 Å². The van der Waals surface area contributed by atoms with E-state index in [0.717, 1.165) is 0 Å². The molecule has 1 aromatic carbocycles. The van der Waals surface area contributed by atoms with Crippen LogP contribution in [0.25, 0.3) is 0 Å². The molecule has 2 rings (SSSR count). The lowest BCUT2D eigenvalue weighted by atomic mass is 10.2. The van der Waals surface area contributed by atoms with Gasteiger partial charge >= 0.3 is 0 Å². The van der Waals surface area contributed by atoms with Gasteiger partial charge in [-0.2, -0.15) is 0 Å². The fourth-order valence-electron chi connectivity index (χ4n) is 1.76. The number of ether oxygens (including phenoxy) is 3. The summed E-state index contributed by atoms with van der Waals surface area (Å²) in [6, 6.07) is 2.60. The van der Waals surface area contributed by atoms with Gasteiger partial charge < -0.3 is 25.3 Å². The normalized spacial score (nSPS) is 14.8. The largest absolute Gasteiger partial charge is 0.486 e. The number of halogens is 1. The van der Waals surface area contributed by atoms with Crippen molar-refractivity contribution in [2.75, 3.05) is 32.2 Å². The number of amides is 1. The van der Waals surface area contributed by atoms with Gasteiger partial charge in [0.2, 0.25) is 5.91 Å². The number of hydrogen-bond donors (Lipinski definition) is 2. The van der Waals surface area contributed by atoms with Crippen LogP contribution in [0.3, 0.4) is 0 Å². The first-order valence-corrected chi connectivity index (χ1v) is 6.64. The highest BCUT2D eigenvalue weighted by atomic mass is 35.5. The molecule has 1 heterocycles. The second-order valence-corrected chi connectivity index (χ2v) is 4.76. The van der Waals surface area contributed by atoms with Gasteiger partial charge in [0.1, 0.15) is 13.2 Å². The topological polar surface area (TPSA) is 82.8 Å². The molecular formula is C13H17ClN2O4. The Morgan fingerprint density at radius 1 is 1.45 bits per heavy atom. The molecule has 0 bridgehead atoms. The first kappa shape index (κ1) is 14.9. The Hall–Kier alpha value is -1.50. The summed E-state index contributed by atoms with van der Waals surface area (Å²) in [7, 11) is 1.56. The first-order valence-electron chi connectivity index (χ1n) is 6.26. The third kappa shape index (κ3) is 3.53. The molecule has 0 radical (unpaired) electrons. The Labute approximate surface area is 122 Å². The highest BCUT2D eigenvalue weighted by Crippen LogP contribution is 2.37. The number of nitrogens with one attached hydrogen (secondary N) is 1. The van der Waals surface area contributed by atoms with Crippen LogP contribution in [0.4, 0.5) is 5.69 Å². The minimum absolute atomic E-state index is 0.319. The van der Waals surface area contributed by atoms with Crippen LogP contribution in [0.1, 0.15) is 6.42 Å². The molecule has 6 nitrogen and oxygen atoms in total. The van der Waals surface area contributed by atoms with Crippen LogP contribution in [0, 0.1) is 0 Å². The van der Waals surface area contributed by atoms with Gasteiger partial charge in [0.05, 0.1) is 16.8 Å². The SMILES string of the molecule is COCCC(N)C(=O)Nc1cc2c(cc1Cl)OCCO2. The van der Waals surface area contributed by atoms with E-state index in [-0.39, 0.29) is 5.91 Å². The average molecular weight is 301 g/mol. The summed E-state index contributed by atoms with van der Waals surface area (Å²) in [5.74, 6) is 0.810. The van der Waals surface area contributed by atoms with Crippen molar-refractivity contribution in [3.63, 3.8) is 0 Å². The molecule has 0 fully saturated rings. The summed E-state index contributed by atoms with van der Waals surface area (Å²) in [6.07, 6.45) is 0.435. The maximum Gasteiger partial charge on any atom is 0.241 e. The fraction of sp³-hybridized carbons (Fsp3) is 0.462. The number of carbonyl (C=O) groups excluding carboxylic acids is 1. The monoisotopic (exact) mass is 300 g/mol. The summed E-state index contributed by atoms with van der Waals surface area (Å²) < 4.78 is 15.7. The molecule has 1 aromatic rings. The zero-order valence-electron chi connectivity index (χ0n) is 11.1. The molecule has 20 heavy (non-hydrogen) atoms. The van der Waals surface area contributed by atoms with Crippen LogP contribution in [-0.4, -0.2) is 38.9 Å². The van der Waals surface area contributed by atoms with E-state index in [1.54, 1.807) is 19.2 Å². The molecule has 0 aliphatic carbocycles. The van der Waals surface area contributed by atoms with Crippen molar-refractivity contribution in [3.05, 3.63) is 17.2 Å². The number of nitrogens with two attached hydrogens (primary N) is 1. The van der Waals surface area contributed by atoms with Crippen molar-refractivity contribution in [1.29, 1.82) is 0 Å². The number of hydrogen-bond acceptors (Lipinski definition) is 5. The van der Waals surface area contributed by atoms with Gasteiger partial charge in [-0.1, -0.05) is 11.6 Å². The lowest BCUT2D eigenvalue weighted by Crippen LogP contribution is -2.36. The van der Waals surface area contributed by atoms with Crippen molar-refractivity contribution < 1.29 is 19.0 Å². The summed E-state index contributed by atoms with van der Waals surface area (Å²) in [5.41, 5.74) is 6.20. The van der Waals surface area contributed by atoms with Gasteiger partial charge in [-0.25, -0.2) is 0 Å². The van der Waals surface area contributed by atoms with Crippen LogP contribution < -0.4 is 20.5 Å². The van der Waals surface area contributed by atoms with E-state index in [1.807, 2.05) is 0 Å². The van der Waals surface area contributed by atoms with Crippen molar-refractivity contribution in [2.45, 2.75) is 12.5 Å². The van der Waals surface area contributed by atoms with Crippen molar-refractivity contribution in [2.24, 2.45) is 5.73 Å². The molecular weight excluding hydrogens is 284 g/mol. The molecule has 110 valence electrons. The molecule has 0 saturated heterocycles. The van der Waals surface area contributed by atoms with E-state index in [2.05, 4.69) is 5.32 Å². The maximum absolute atomic E-state index is 11.9. The van der Waals surface area contributed by atoms with Gasteiger partial charge in [-0.05, 0) is 6.42 Å². The molecule has 1 aliphatic rings. The molecule has 1 amide bonds. The van der Waals surface area contributed by atoms with E-state index in [1.165, 1.54) is 0 Å². The second kappa shape index (κ2) is 6.78. The summed E-state index contributed by atoms with van der Waals surface area (Å²) in [5, 5.41) is 3.06. The number of anilines is 1. The predicted molar refractivity (Wildman–Crippen MR) is 75.5 cm³/mol. The van der Waals surface area contributed by atoms with Crippen LogP contribution in [0.5, 0.6) is 11.5 Å². The lowest BCUT2D eigenvalue weighted by molar-refractivity contribution is -0.117. The summed E-state index contributed by atoms with van der Waals surface area (Å²) in [6.45, 7) is 1.37. The molecule has 7 heteroatoms. The van der Waals surface area contributed by atoms with Gasteiger partial charge in [0.15, 0.2) is 11.5 Å². The molecule has 0 aromatic heterocycles. The highest BCUT2D eigenvalue weighted by molar-refractivity contribution is 6.34. The Morgan fingerprint density at radius 3 is 2.75 bits per heavy atom. The van der Waals surface area contributed by atoms with Crippen LogP contribution in [0.2, 0.25) is 5.02 Å². The quantitative estimate of drug-likeness (QED) is 0.859. The Balaban J connectivity index is 2.07. The Kier molecular flexibility index (Phi) is 5.05. The minimum Gasteiger partial charge on any atom is -0.486 e. The smallest absolute Gasteiger partial charge is 0.241 e. The van der Waals surface area contributed by atoms with Gasteiger partial charge in [0, 0.05) is 25.8 Å². The van der Waals surface area contributed by atoms with Crippen LogP contribution in [0.15, 0.2) is 12.1 Å². The van der Waals surface area contributed by atoms with E-state index in [0.29, 0.717) is 48.5 Å². The van der Waals surface area contributed by atoms with Crippen LogP contribution >= 0.6 is 11.6 Å². The predicted octanol–water partition coefficient (Wildman–Crippen LogP) is 1.41. The zero-order chi connectivity index (χ0) is 14.5. The van der Waals surface area contributed by atoms with E-state index in [9.17, 15) is 4.79 Å². The summed E-state index contributed by atoms with van der Waals surface area (Å²) in [4.78, 5) is 11.9. The number of rotatable bonds is 5. The Bertz CT molecular complexity index is 496. The second-order valence-electron chi connectivity index (χ2n) is 4.35. The van der Waals surface area contributed by atoms with Gasteiger partial charge in [0.25, 0.3) is 0 Å². The third-order valence-electron chi connectivity index (χ3n) is 2.86. The Morgan fingerprint density at radius 2 is 2.10 bits per heavy atom. The first-order chi connectivity index (χ1) is 9.61. The molecule has 1 unspecified atom stereocenters. The number of fused-ring (bicyclic) bond motifs is 1. The molecule has 0 saturated carbocycles. The van der Waals surface area contributed by atoms with E-state index < -0.39 is 6.04 Å². The third-order valence-corrected chi connectivity index (χ3v) is 3.17. The molecule has 3 N–H and O–H groups in total. The average Bonchev–Trinajstić information content (AvgIpc) is 2.45. The maximum atomic E-state index is 11.9. The zero-order valence-corrected chi connectivity index (χ0v) is 11.9. The molecule has 0 spiro atoms. The lowest BCUT2D eigenvalue weighted by Gasteiger charge is -2.20. The highest BCUT2D eigenvalue weighted by Gasteiger charge is 2.18. The fourth-order valence-corrected chi connectivity index (χ4v) is 1.96.